The molecule has 0 aliphatic rings. The molecule has 5 nitrogen and oxygen atoms in total. The number of aromatic nitrogens is 1. The van der Waals surface area contributed by atoms with Crippen molar-refractivity contribution in [1.82, 2.24) is 15.6 Å². The van der Waals surface area contributed by atoms with Crippen LogP contribution in [-0.2, 0) is 4.79 Å². The minimum absolute atomic E-state index is 0.149. The van der Waals surface area contributed by atoms with Gasteiger partial charge in [0.1, 0.15) is 5.15 Å². The van der Waals surface area contributed by atoms with Gasteiger partial charge in [-0.2, -0.15) is 0 Å². The van der Waals surface area contributed by atoms with Crippen molar-refractivity contribution in [2.24, 2.45) is 0 Å². The summed E-state index contributed by atoms with van der Waals surface area (Å²) in [7, 11) is 1.53. The second kappa shape index (κ2) is 6.42. The van der Waals surface area contributed by atoms with Crippen molar-refractivity contribution in [3.05, 3.63) is 28.0 Å². The first-order valence-electron chi connectivity index (χ1n) is 4.84. The minimum atomic E-state index is -0.386. The molecule has 0 bridgehead atoms. The molecule has 0 saturated heterocycles. The van der Waals surface area contributed by atoms with Gasteiger partial charge >= 0.3 is 0 Å². The molecule has 0 aromatic carbocycles. The lowest BCUT2D eigenvalue weighted by molar-refractivity contribution is -0.120. The van der Waals surface area contributed by atoms with Gasteiger partial charge in [0.25, 0.3) is 5.91 Å². The maximum absolute atomic E-state index is 11.7. The number of hydrogen-bond acceptors (Lipinski definition) is 3. The maximum Gasteiger partial charge on any atom is 0.252 e. The average molecular weight is 276 g/mol. The molecule has 0 unspecified atom stereocenters. The van der Waals surface area contributed by atoms with Gasteiger partial charge in [0.2, 0.25) is 5.91 Å². The zero-order valence-corrected chi connectivity index (χ0v) is 10.6. The van der Waals surface area contributed by atoms with Gasteiger partial charge in [0.15, 0.2) is 0 Å². The van der Waals surface area contributed by atoms with Crippen molar-refractivity contribution in [2.45, 2.75) is 6.42 Å². The molecule has 0 aliphatic carbocycles. The standard InChI is InChI=1S/C10H11Cl2N3O2/c1-13-9(16)2-3-14-10(17)6-4-8(12)15-5-7(6)11/h4-5H,2-3H2,1H3,(H,13,16)(H,14,17). The van der Waals surface area contributed by atoms with E-state index in [1.807, 2.05) is 0 Å². The van der Waals surface area contributed by atoms with Crippen molar-refractivity contribution >= 4 is 35.0 Å². The van der Waals surface area contributed by atoms with E-state index in [0.29, 0.717) is 0 Å². The van der Waals surface area contributed by atoms with E-state index >= 15 is 0 Å². The molecule has 1 rings (SSSR count). The molecule has 7 heteroatoms. The van der Waals surface area contributed by atoms with Crippen molar-refractivity contribution < 1.29 is 9.59 Å². The molecule has 0 radical (unpaired) electrons. The predicted octanol–water partition coefficient (Wildman–Crippen LogP) is 1.25. The molecule has 2 amide bonds. The fourth-order valence-corrected chi connectivity index (χ4v) is 1.44. The Bertz CT molecular complexity index is 438. The number of hydrogen-bond donors (Lipinski definition) is 2. The minimum Gasteiger partial charge on any atom is -0.359 e. The molecule has 0 fully saturated rings. The van der Waals surface area contributed by atoms with Crippen LogP contribution in [0.5, 0.6) is 0 Å². The smallest absolute Gasteiger partial charge is 0.252 e. The predicted molar refractivity (Wildman–Crippen MR) is 65.3 cm³/mol. The second-order valence-corrected chi connectivity index (χ2v) is 3.96. The number of rotatable bonds is 4. The number of pyridine rings is 1. The summed E-state index contributed by atoms with van der Waals surface area (Å²) in [6.07, 6.45) is 1.51. The van der Waals surface area contributed by atoms with E-state index in [1.165, 1.54) is 19.3 Å². The van der Waals surface area contributed by atoms with Crippen molar-refractivity contribution in [3.8, 4) is 0 Å². The third-order valence-corrected chi connectivity index (χ3v) is 2.49. The number of amides is 2. The van der Waals surface area contributed by atoms with Crippen LogP contribution in [0, 0.1) is 0 Å². The number of carbonyl (C=O) groups is 2. The third kappa shape index (κ3) is 4.20. The first-order valence-corrected chi connectivity index (χ1v) is 5.60. The number of carbonyl (C=O) groups excluding carboxylic acids is 2. The van der Waals surface area contributed by atoms with E-state index in [9.17, 15) is 9.59 Å². The Morgan fingerprint density at radius 1 is 1.41 bits per heavy atom. The molecule has 0 spiro atoms. The Morgan fingerprint density at radius 2 is 2.12 bits per heavy atom. The molecule has 92 valence electrons. The summed E-state index contributed by atoms with van der Waals surface area (Å²) < 4.78 is 0. The van der Waals surface area contributed by atoms with E-state index in [4.69, 9.17) is 23.2 Å². The van der Waals surface area contributed by atoms with Gasteiger partial charge < -0.3 is 10.6 Å². The van der Waals surface area contributed by atoms with Crippen LogP contribution >= 0.6 is 23.2 Å². The van der Waals surface area contributed by atoms with Crippen molar-refractivity contribution in [1.29, 1.82) is 0 Å². The monoisotopic (exact) mass is 275 g/mol. The molecule has 2 N–H and O–H groups in total. The van der Waals surface area contributed by atoms with E-state index in [-0.39, 0.29) is 40.5 Å². The molecule has 0 aliphatic heterocycles. The SMILES string of the molecule is CNC(=O)CCNC(=O)c1cc(Cl)ncc1Cl. The van der Waals surface area contributed by atoms with Gasteiger partial charge in [-0.25, -0.2) is 4.98 Å². The van der Waals surface area contributed by atoms with Crippen LogP contribution in [0.1, 0.15) is 16.8 Å². The van der Waals surface area contributed by atoms with Gasteiger partial charge in [-0.15, -0.1) is 0 Å². The molecule has 1 aromatic heterocycles. The number of nitrogens with one attached hydrogen (secondary N) is 2. The lowest BCUT2D eigenvalue weighted by Crippen LogP contribution is -2.29. The molecule has 1 heterocycles. The summed E-state index contributed by atoms with van der Waals surface area (Å²) in [5, 5.41) is 5.41. The van der Waals surface area contributed by atoms with E-state index < -0.39 is 0 Å². The fraction of sp³-hybridized carbons (Fsp3) is 0.300. The average Bonchev–Trinajstić information content (AvgIpc) is 2.31. The van der Waals surface area contributed by atoms with Crippen LogP contribution < -0.4 is 10.6 Å². The first-order chi connectivity index (χ1) is 8.04. The molecule has 17 heavy (non-hydrogen) atoms. The van der Waals surface area contributed by atoms with Gasteiger partial charge in [-0.05, 0) is 6.07 Å². The summed E-state index contributed by atoms with van der Waals surface area (Å²) in [6, 6.07) is 1.37. The van der Waals surface area contributed by atoms with Gasteiger partial charge in [0, 0.05) is 26.2 Å². The van der Waals surface area contributed by atoms with E-state index in [1.54, 1.807) is 0 Å². The van der Waals surface area contributed by atoms with Crippen LogP contribution in [0.15, 0.2) is 12.3 Å². The lowest BCUT2D eigenvalue weighted by Gasteiger charge is -2.06. The highest BCUT2D eigenvalue weighted by atomic mass is 35.5. The number of halogens is 2. The number of nitrogens with zero attached hydrogens (tertiary/aromatic N) is 1. The van der Waals surface area contributed by atoms with Crippen LogP contribution in [0.2, 0.25) is 10.2 Å². The van der Waals surface area contributed by atoms with Gasteiger partial charge in [0.05, 0.1) is 10.6 Å². The van der Waals surface area contributed by atoms with Crippen molar-refractivity contribution in [2.75, 3.05) is 13.6 Å². The molecular weight excluding hydrogens is 265 g/mol. The molecule has 0 saturated carbocycles. The highest BCUT2D eigenvalue weighted by Gasteiger charge is 2.11. The summed E-state index contributed by atoms with van der Waals surface area (Å²) >= 11 is 11.5. The van der Waals surface area contributed by atoms with Crippen LogP contribution in [0.3, 0.4) is 0 Å². The summed E-state index contributed by atoms with van der Waals surface area (Å²) in [4.78, 5) is 26.3. The van der Waals surface area contributed by atoms with Crippen molar-refractivity contribution in [3.63, 3.8) is 0 Å². The Kier molecular flexibility index (Phi) is 5.18. The highest BCUT2D eigenvalue weighted by Crippen LogP contribution is 2.17. The summed E-state index contributed by atoms with van der Waals surface area (Å²) in [5.74, 6) is -0.535. The third-order valence-electron chi connectivity index (χ3n) is 1.98. The van der Waals surface area contributed by atoms with Crippen LogP contribution in [0.25, 0.3) is 0 Å². The Balaban J connectivity index is 2.58. The topological polar surface area (TPSA) is 71.1 Å². The lowest BCUT2D eigenvalue weighted by atomic mass is 10.2. The zero-order chi connectivity index (χ0) is 12.8. The normalized spacial score (nSPS) is 9.82. The largest absolute Gasteiger partial charge is 0.359 e. The Labute approximate surface area is 109 Å². The molecular formula is C10H11Cl2N3O2. The van der Waals surface area contributed by atoms with Crippen LogP contribution in [-0.4, -0.2) is 30.4 Å². The van der Waals surface area contributed by atoms with Crippen LogP contribution in [0.4, 0.5) is 0 Å². The Hall–Kier alpha value is -1.33. The first kappa shape index (κ1) is 13.7. The summed E-state index contributed by atoms with van der Waals surface area (Å²) in [6.45, 7) is 0.231. The highest BCUT2D eigenvalue weighted by molar-refractivity contribution is 6.35. The fourth-order valence-electron chi connectivity index (χ4n) is 1.10. The molecule has 0 atom stereocenters. The van der Waals surface area contributed by atoms with Gasteiger partial charge in [-0.3, -0.25) is 9.59 Å². The van der Waals surface area contributed by atoms with E-state index in [0.717, 1.165) is 0 Å². The van der Waals surface area contributed by atoms with E-state index in [2.05, 4.69) is 15.6 Å². The maximum atomic E-state index is 11.7. The molecule has 1 aromatic rings. The second-order valence-electron chi connectivity index (χ2n) is 3.17. The quantitative estimate of drug-likeness (QED) is 0.813. The Morgan fingerprint density at radius 3 is 2.76 bits per heavy atom. The summed E-state index contributed by atoms with van der Waals surface area (Å²) in [5.41, 5.74) is 0.239. The van der Waals surface area contributed by atoms with Gasteiger partial charge in [-0.1, -0.05) is 23.2 Å². The zero-order valence-electron chi connectivity index (χ0n) is 9.09.